The van der Waals surface area contributed by atoms with Gasteiger partial charge in [-0.3, -0.25) is 4.90 Å². The Hall–Kier alpha value is -1.18. The quantitative estimate of drug-likeness (QED) is 0.771. The number of hydrogen-bond donors (Lipinski definition) is 0. The van der Waals surface area contributed by atoms with Crippen molar-refractivity contribution in [3.8, 4) is 5.75 Å². The second-order valence-electron chi connectivity index (χ2n) is 4.64. The molecule has 0 N–H and O–H groups in total. The summed E-state index contributed by atoms with van der Waals surface area (Å²) in [7, 11) is 5.60. The number of aryl methyl sites for hydroxylation is 1. The lowest BCUT2D eigenvalue weighted by atomic mass is 10.2. The normalized spacial score (nSPS) is 11.1. The highest BCUT2D eigenvalue weighted by molar-refractivity contribution is 9.10. The number of benzene rings is 1. The van der Waals surface area contributed by atoms with Crippen LogP contribution in [0.1, 0.15) is 5.56 Å². The SMILES string of the molecule is COc1ccc(Br)cc1CN(C)Cn1ncn(C)c1=S. The summed E-state index contributed by atoms with van der Waals surface area (Å²) >= 11 is 8.77. The predicted octanol–water partition coefficient (Wildman–Crippen LogP) is 2.81. The summed E-state index contributed by atoms with van der Waals surface area (Å²) in [6.07, 6.45) is 1.72. The third-order valence-corrected chi connectivity index (χ3v) is 3.94. The second-order valence-corrected chi connectivity index (χ2v) is 5.92. The molecule has 0 atom stereocenters. The molecule has 1 aromatic carbocycles. The molecule has 0 spiro atoms. The maximum atomic E-state index is 5.38. The number of aromatic nitrogens is 3. The third kappa shape index (κ3) is 3.47. The minimum absolute atomic E-state index is 0.634. The molecule has 1 aromatic heterocycles. The standard InChI is InChI=1S/C13H17BrN4OS/c1-16(9-18-13(20)17(2)8-15-18)7-10-6-11(14)4-5-12(10)19-3/h4-6,8H,7,9H2,1-3H3. The first kappa shape index (κ1) is 15.2. The van der Waals surface area contributed by atoms with E-state index in [1.807, 2.05) is 30.8 Å². The molecule has 108 valence electrons. The van der Waals surface area contributed by atoms with Gasteiger partial charge in [0.1, 0.15) is 12.1 Å². The van der Waals surface area contributed by atoms with Crippen LogP contribution in [0.4, 0.5) is 0 Å². The molecule has 0 aliphatic rings. The van der Waals surface area contributed by atoms with Crippen LogP contribution in [0.15, 0.2) is 29.0 Å². The molecule has 0 bridgehead atoms. The van der Waals surface area contributed by atoms with Crippen LogP contribution >= 0.6 is 28.1 Å². The number of halogens is 1. The third-order valence-electron chi connectivity index (χ3n) is 2.94. The molecule has 0 fully saturated rings. The van der Waals surface area contributed by atoms with E-state index in [0.29, 0.717) is 11.4 Å². The Balaban J connectivity index is 2.12. The molecule has 0 radical (unpaired) electrons. The van der Waals surface area contributed by atoms with Crippen molar-refractivity contribution < 1.29 is 4.74 Å². The molecule has 5 nitrogen and oxygen atoms in total. The van der Waals surface area contributed by atoms with E-state index in [2.05, 4.69) is 32.0 Å². The van der Waals surface area contributed by atoms with E-state index in [9.17, 15) is 0 Å². The van der Waals surface area contributed by atoms with E-state index in [-0.39, 0.29) is 0 Å². The Bertz CT molecular complexity index is 652. The van der Waals surface area contributed by atoms with Crippen molar-refractivity contribution in [2.24, 2.45) is 7.05 Å². The molecule has 0 saturated carbocycles. The summed E-state index contributed by atoms with van der Waals surface area (Å²) in [5.41, 5.74) is 1.12. The second kappa shape index (κ2) is 6.51. The summed E-state index contributed by atoms with van der Waals surface area (Å²) in [5.74, 6) is 0.879. The highest BCUT2D eigenvalue weighted by Gasteiger charge is 2.09. The molecule has 0 saturated heterocycles. The summed E-state index contributed by atoms with van der Waals surface area (Å²) in [4.78, 5) is 2.13. The smallest absolute Gasteiger partial charge is 0.198 e. The summed E-state index contributed by atoms with van der Waals surface area (Å²) < 4.78 is 10.7. The van der Waals surface area contributed by atoms with Gasteiger partial charge in [0.05, 0.1) is 13.8 Å². The van der Waals surface area contributed by atoms with E-state index in [1.54, 1.807) is 18.1 Å². The Labute approximate surface area is 131 Å². The molecular formula is C13H17BrN4OS. The Morgan fingerprint density at radius 1 is 1.45 bits per heavy atom. The topological polar surface area (TPSA) is 35.2 Å². The number of hydrogen-bond acceptors (Lipinski definition) is 4. The van der Waals surface area contributed by atoms with Crippen molar-refractivity contribution in [2.45, 2.75) is 13.2 Å². The lowest BCUT2D eigenvalue weighted by Gasteiger charge is -2.18. The fourth-order valence-corrected chi connectivity index (χ4v) is 2.52. The molecule has 0 amide bonds. The average molecular weight is 357 g/mol. The molecule has 7 heteroatoms. The van der Waals surface area contributed by atoms with Crippen LogP contribution < -0.4 is 4.74 Å². The zero-order chi connectivity index (χ0) is 14.7. The van der Waals surface area contributed by atoms with Crippen LogP contribution in [-0.4, -0.2) is 33.4 Å². The van der Waals surface area contributed by atoms with Gasteiger partial charge in [0.25, 0.3) is 0 Å². The molecular weight excluding hydrogens is 340 g/mol. The van der Waals surface area contributed by atoms with Gasteiger partial charge in [-0.2, -0.15) is 5.10 Å². The van der Waals surface area contributed by atoms with Crippen LogP contribution in [0.3, 0.4) is 0 Å². The number of rotatable bonds is 5. The molecule has 20 heavy (non-hydrogen) atoms. The van der Waals surface area contributed by atoms with E-state index >= 15 is 0 Å². The lowest BCUT2D eigenvalue weighted by molar-refractivity contribution is 0.240. The van der Waals surface area contributed by atoms with E-state index in [1.165, 1.54) is 0 Å². The van der Waals surface area contributed by atoms with Gasteiger partial charge in [0.2, 0.25) is 0 Å². The largest absolute Gasteiger partial charge is 0.496 e. The zero-order valence-corrected chi connectivity index (χ0v) is 14.1. The molecule has 0 aliphatic carbocycles. The van der Waals surface area contributed by atoms with Gasteiger partial charge in [-0.15, -0.1) is 0 Å². The van der Waals surface area contributed by atoms with Crippen molar-refractivity contribution in [1.82, 2.24) is 19.2 Å². The zero-order valence-electron chi connectivity index (χ0n) is 11.7. The van der Waals surface area contributed by atoms with Gasteiger partial charge in [-0.25, -0.2) is 4.68 Å². The maximum absolute atomic E-state index is 5.38. The minimum atomic E-state index is 0.634. The first-order chi connectivity index (χ1) is 9.51. The van der Waals surface area contributed by atoms with Gasteiger partial charge in [-0.05, 0) is 37.5 Å². The van der Waals surface area contributed by atoms with Crippen LogP contribution in [0, 0.1) is 4.77 Å². The average Bonchev–Trinajstić information content (AvgIpc) is 2.71. The summed E-state index contributed by atoms with van der Waals surface area (Å²) in [5, 5.41) is 4.25. The number of nitrogens with zero attached hydrogens (tertiary/aromatic N) is 4. The Morgan fingerprint density at radius 2 is 2.20 bits per heavy atom. The molecule has 1 heterocycles. The van der Waals surface area contributed by atoms with Crippen LogP contribution in [-0.2, 0) is 20.3 Å². The van der Waals surface area contributed by atoms with E-state index in [4.69, 9.17) is 17.0 Å². The molecule has 2 rings (SSSR count). The summed E-state index contributed by atoms with van der Waals surface area (Å²) in [6, 6.07) is 5.99. The predicted molar refractivity (Wildman–Crippen MR) is 84.2 cm³/mol. The fourth-order valence-electron chi connectivity index (χ4n) is 1.96. The van der Waals surface area contributed by atoms with Crippen LogP contribution in [0.5, 0.6) is 5.75 Å². The van der Waals surface area contributed by atoms with Gasteiger partial charge < -0.3 is 9.30 Å². The van der Waals surface area contributed by atoms with Crippen molar-refractivity contribution in [3.63, 3.8) is 0 Å². The molecule has 0 aliphatic heterocycles. The first-order valence-electron chi connectivity index (χ1n) is 6.10. The Morgan fingerprint density at radius 3 is 2.80 bits per heavy atom. The number of ether oxygens (including phenoxy) is 1. The van der Waals surface area contributed by atoms with Crippen molar-refractivity contribution in [1.29, 1.82) is 0 Å². The Kier molecular flexibility index (Phi) is 4.95. The van der Waals surface area contributed by atoms with Gasteiger partial charge in [0.15, 0.2) is 4.77 Å². The van der Waals surface area contributed by atoms with Gasteiger partial charge >= 0.3 is 0 Å². The van der Waals surface area contributed by atoms with E-state index < -0.39 is 0 Å². The van der Waals surface area contributed by atoms with Gasteiger partial charge in [0, 0.05) is 23.6 Å². The lowest BCUT2D eigenvalue weighted by Crippen LogP contribution is -2.23. The maximum Gasteiger partial charge on any atom is 0.198 e. The van der Waals surface area contributed by atoms with Crippen LogP contribution in [0.25, 0.3) is 0 Å². The molecule has 2 aromatic rings. The monoisotopic (exact) mass is 356 g/mol. The molecule has 0 unspecified atom stereocenters. The van der Waals surface area contributed by atoms with Crippen molar-refractivity contribution in [3.05, 3.63) is 39.3 Å². The van der Waals surface area contributed by atoms with Crippen LogP contribution in [0.2, 0.25) is 0 Å². The first-order valence-corrected chi connectivity index (χ1v) is 7.31. The minimum Gasteiger partial charge on any atom is -0.496 e. The highest BCUT2D eigenvalue weighted by atomic mass is 79.9. The fraction of sp³-hybridized carbons (Fsp3) is 0.385. The van der Waals surface area contributed by atoms with Crippen molar-refractivity contribution >= 4 is 28.1 Å². The van der Waals surface area contributed by atoms with Crippen molar-refractivity contribution in [2.75, 3.05) is 14.2 Å². The highest BCUT2D eigenvalue weighted by Crippen LogP contribution is 2.24. The van der Waals surface area contributed by atoms with Gasteiger partial charge in [-0.1, -0.05) is 15.9 Å². The number of methoxy groups -OCH3 is 1. The summed E-state index contributed by atoms with van der Waals surface area (Å²) in [6.45, 7) is 1.39. The van der Waals surface area contributed by atoms with E-state index in [0.717, 1.165) is 22.3 Å².